The van der Waals surface area contributed by atoms with Crippen LogP contribution in [-0.2, 0) is 14.3 Å². The highest BCUT2D eigenvalue weighted by Gasteiger charge is 2.24. The van der Waals surface area contributed by atoms with E-state index >= 15 is 0 Å². The average molecular weight is 951 g/mol. The van der Waals surface area contributed by atoms with Crippen molar-refractivity contribution in [1.29, 1.82) is 0 Å². The number of ether oxygens (including phenoxy) is 1. The number of rotatable bonds is 52. The van der Waals surface area contributed by atoms with Crippen LogP contribution in [0, 0.1) is 0 Å². The second-order valence-electron chi connectivity index (χ2n) is 19.7. The van der Waals surface area contributed by atoms with E-state index in [-0.39, 0.29) is 24.9 Å². The number of aliphatic hydroxyl groups excluding tert-OH is 2. The molecule has 0 radical (unpaired) electrons. The zero-order chi connectivity index (χ0) is 49.5. The normalized spacial score (nSPS) is 13.7. The van der Waals surface area contributed by atoms with Gasteiger partial charge in [0.15, 0.2) is 0 Å². The van der Waals surface area contributed by atoms with Crippen LogP contribution in [0.4, 0.5) is 0 Å². The molecular formula is C62H111NO5. The van der Waals surface area contributed by atoms with Crippen LogP contribution in [0.5, 0.6) is 0 Å². The zero-order valence-electron chi connectivity index (χ0n) is 45.0. The molecule has 0 rings (SSSR count). The van der Waals surface area contributed by atoms with Crippen molar-refractivity contribution in [2.24, 2.45) is 0 Å². The van der Waals surface area contributed by atoms with Gasteiger partial charge in [-0.25, -0.2) is 0 Å². The van der Waals surface area contributed by atoms with Crippen molar-refractivity contribution in [1.82, 2.24) is 5.32 Å². The SMILES string of the molecule is CCCCC/C=C\C/C=C\C/C=C\C/C=C\CCCC(=O)OC(CCCCC/C=C/C=C/CCCCCCCCC)CC(=O)NC(CO)C(O)CCCCCCCCCCCCCCCCCC. The topological polar surface area (TPSA) is 95.9 Å². The first-order chi connectivity index (χ1) is 33.5. The van der Waals surface area contributed by atoms with Gasteiger partial charge in [-0.15, -0.1) is 0 Å². The predicted octanol–water partition coefficient (Wildman–Crippen LogP) is 18.1. The van der Waals surface area contributed by atoms with Crippen molar-refractivity contribution < 1.29 is 24.5 Å². The number of unbranched alkanes of at least 4 members (excludes halogenated alkanes) is 29. The number of allylic oxidation sites excluding steroid dienone is 12. The summed E-state index contributed by atoms with van der Waals surface area (Å²) in [6, 6.07) is -0.725. The van der Waals surface area contributed by atoms with Crippen molar-refractivity contribution in [3.05, 3.63) is 72.9 Å². The molecule has 0 aliphatic heterocycles. The van der Waals surface area contributed by atoms with Gasteiger partial charge in [0, 0.05) is 6.42 Å². The highest BCUT2D eigenvalue weighted by atomic mass is 16.5. The standard InChI is InChI=1S/C62H111NO5/c1-4-7-10-13-16-19-22-25-28-31-34-37-40-43-46-49-52-55-62(67)68-58(53-50-47-44-41-38-35-32-29-26-23-20-17-14-11-8-5-2)56-61(66)63-59(57-64)60(65)54-51-48-45-42-39-36-33-30-27-24-21-18-15-12-9-6-3/h16,19,25,28-29,32,34-35,37-38,43,46,58-60,64-65H,4-15,17-18,20-24,26-27,30-31,33,36,39-42,44-45,47-57H2,1-3H3,(H,63,66)/b19-16-,28-25-,32-29+,37-34-,38-35+,46-43-. The lowest BCUT2D eigenvalue weighted by Gasteiger charge is -2.24. The minimum Gasteiger partial charge on any atom is -0.462 e. The summed E-state index contributed by atoms with van der Waals surface area (Å²) < 4.78 is 5.92. The number of carbonyl (C=O) groups is 2. The van der Waals surface area contributed by atoms with Gasteiger partial charge in [0.1, 0.15) is 6.10 Å². The van der Waals surface area contributed by atoms with Crippen LogP contribution in [0.3, 0.4) is 0 Å². The summed E-state index contributed by atoms with van der Waals surface area (Å²) in [5, 5.41) is 23.9. The summed E-state index contributed by atoms with van der Waals surface area (Å²) >= 11 is 0. The third kappa shape index (κ3) is 49.7. The summed E-state index contributed by atoms with van der Waals surface area (Å²) in [5.74, 6) is -0.563. The molecule has 6 heteroatoms. The molecule has 0 saturated carbocycles. The number of amides is 1. The van der Waals surface area contributed by atoms with E-state index in [1.807, 2.05) is 0 Å². The van der Waals surface area contributed by atoms with Gasteiger partial charge < -0.3 is 20.3 Å². The van der Waals surface area contributed by atoms with E-state index in [1.54, 1.807) is 0 Å². The van der Waals surface area contributed by atoms with E-state index in [2.05, 4.69) is 99.0 Å². The van der Waals surface area contributed by atoms with Crippen LogP contribution in [-0.4, -0.2) is 46.9 Å². The Morgan fingerprint density at radius 1 is 0.441 bits per heavy atom. The number of hydrogen-bond donors (Lipinski definition) is 3. The van der Waals surface area contributed by atoms with Crippen LogP contribution < -0.4 is 5.32 Å². The smallest absolute Gasteiger partial charge is 0.306 e. The Kier molecular flexibility index (Phi) is 53.0. The van der Waals surface area contributed by atoms with E-state index in [0.717, 1.165) is 77.0 Å². The maximum atomic E-state index is 13.3. The molecule has 0 heterocycles. The molecule has 394 valence electrons. The molecule has 0 aromatic rings. The Labute approximate surface area is 421 Å². The van der Waals surface area contributed by atoms with Crippen LogP contribution in [0.2, 0.25) is 0 Å². The Balaban J connectivity index is 4.68. The highest BCUT2D eigenvalue weighted by Crippen LogP contribution is 2.17. The molecule has 0 spiro atoms. The fourth-order valence-electron chi connectivity index (χ4n) is 8.59. The van der Waals surface area contributed by atoms with E-state index < -0.39 is 18.2 Å². The number of esters is 1. The summed E-state index contributed by atoms with van der Waals surface area (Å²) in [6.07, 6.45) is 71.1. The second kappa shape index (κ2) is 55.2. The molecule has 0 aliphatic rings. The van der Waals surface area contributed by atoms with Crippen molar-refractivity contribution in [3.8, 4) is 0 Å². The van der Waals surface area contributed by atoms with E-state index in [0.29, 0.717) is 25.7 Å². The molecule has 0 aromatic heterocycles. The van der Waals surface area contributed by atoms with E-state index in [1.165, 1.54) is 154 Å². The Bertz CT molecular complexity index is 1250. The fraction of sp³-hybridized carbons (Fsp3) is 0.774. The zero-order valence-corrected chi connectivity index (χ0v) is 45.0. The minimum atomic E-state index is -0.808. The van der Waals surface area contributed by atoms with Crippen LogP contribution in [0.25, 0.3) is 0 Å². The van der Waals surface area contributed by atoms with Crippen molar-refractivity contribution in [2.45, 2.75) is 302 Å². The molecule has 6 nitrogen and oxygen atoms in total. The number of carbonyl (C=O) groups excluding carboxylic acids is 2. The molecule has 0 bridgehead atoms. The van der Waals surface area contributed by atoms with Crippen LogP contribution in [0.1, 0.15) is 284 Å². The molecule has 68 heavy (non-hydrogen) atoms. The van der Waals surface area contributed by atoms with Gasteiger partial charge >= 0.3 is 5.97 Å². The summed E-state index contributed by atoms with van der Waals surface area (Å²) in [7, 11) is 0. The van der Waals surface area contributed by atoms with Gasteiger partial charge in [-0.05, 0) is 89.9 Å². The molecule has 3 unspecified atom stereocenters. The first-order valence-electron chi connectivity index (χ1n) is 29.2. The number of aliphatic hydroxyl groups is 2. The molecule has 0 aromatic carbocycles. The van der Waals surface area contributed by atoms with Crippen molar-refractivity contribution in [3.63, 3.8) is 0 Å². The van der Waals surface area contributed by atoms with Crippen LogP contribution >= 0.6 is 0 Å². The molecule has 3 N–H and O–H groups in total. The quantitative estimate of drug-likeness (QED) is 0.0244. The first-order valence-corrected chi connectivity index (χ1v) is 29.2. The third-order valence-electron chi connectivity index (χ3n) is 13.0. The van der Waals surface area contributed by atoms with Crippen LogP contribution in [0.15, 0.2) is 72.9 Å². The second-order valence-corrected chi connectivity index (χ2v) is 19.7. The van der Waals surface area contributed by atoms with Gasteiger partial charge in [0.25, 0.3) is 0 Å². The van der Waals surface area contributed by atoms with Crippen molar-refractivity contribution >= 4 is 11.9 Å². The molecule has 0 fully saturated rings. The van der Waals surface area contributed by atoms with Gasteiger partial charge in [-0.3, -0.25) is 9.59 Å². The molecule has 1 amide bonds. The third-order valence-corrected chi connectivity index (χ3v) is 13.0. The first kappa shape index (κ1) is 65.3. The lowest BCUT2D eigenvalue weighted by atomic mass is 10.0. The minimum absolute atomic E-state index is 0.0363. The van der Waals surface area contributed by atoms with Gasteiger partial charge in [0.2, 0.25) is 5.91 Å². The highest BCUT2D eigenvalue weighted by molar-refractivity contribution is 5.77. The molecular weight excluding hydrogens is 839 g/mol. The molecule has 0 aliphatic carbocycles. The van der Waals surface area contributed by atoms with Gasteiger partial charge in [-0.2, -0.15) is 0 Å². The number of nitrogens with one attached hydrogen (secondary N) is 1. The fourth-order valence-corrected chi connectivity index (χ4v) is 8.59. The molecule has 0 saturated heterocycles. The summed E-state index contributed by atoms with van der Waals surface area (Å²) in [5.41, 5.74) is 0. The van der Waals surface area contributed by atoms with Crippen molar-refractivity contribution in [2.75, 3.05) is 6.61 Å². The summed E-state index contributed by atoms with van der Waals surface area (Å²) in [4.78, 5) is 26.3. The predicted molar refractivity (Wildman–Crippen MR) is 296 cm³/mol. The maximum Gasteiger partial charge on any atom is 0.306 e. The van der Waals surface area contributed by atoms with E-state index in [9.17, 15) is 19.8 Å². The largest absolute Gasteiger partial charge is 0.462 e. The average Bonchev–Trinajstić information content (AvgIpc) is 3.33. The van der Waals surface area contributed by atoms with Gasteiger partial charge in [-0.1, -0.05) is 254 Å². The van der Waals surface area contributed by atoms with E-state index in [4.69, 9.17) is 4.74 Å². The lowest BCUT2D eigenvalue weighted by molar-refractivity contribution is -0.151. The molecule has 3 atom stereocenters. The Morgan fingerprint density at radius 2 is 0.794 bits per heavy atom. The summed E-state index contributed by atoms with van der Waals surface area (Å²) in [6.45, 7) is 6.45. The van der Waals surface area contributed by atoms with Gasteiger partial charge in [0.05, 0.1) is 25.2 Å². The monoisotopic (exact) mass is 950 g/mol. The Hall–Kier alpha value is -2.70. The lowest BCUT2D eigenvalue weighted by Crippen LogP contribution is -2.46. The number of hydrogen-bond acceptors (Lipinski definition) is 5. The Morgan fingerprint density at radius 3 is 1.26 bits per heavy atom. The maximum absolute atomic E-state index is 13.3.